The zero-order chi connectivity index (χ0) is 9.47. The summed E-state index contributed by atoms with van der Waals surface area (Å²) in [6.45, 7) is 1.22. The normalized spacial score (nSPS) is 17.2. The topological polar surface area (TPSA) is 31.7 Å². The lowest BCUT2D eigenvalue weighted by Gasteiger charge is -2.07. The van der Waals surface area contributed by atoms with Gasteiger partial charge in [-0.2, -0.15) is 5.10 Å². The highest BCUT2D eigenvalue weighted by Gasteiger charge is 2.44. The van der Waals surface area contributed by atoms with Crippen molar-refractivity contribution in [3.05, 3.63) is 17.5 Å². The van der Waals surface area contributed by atoms with E-state index in [0.717, 1.165) is 18.3 Å². The van der Waals surface area contributed by atoms with Gasteiger partial charge in [0.1, 0.15) is 0 Å². The van der Waals surface area contributed by atoms with Crippen LogP contribution in [0.25, 0.3) is 0 Å². The smallest absolute Gasteiger partial charge is 0.311 e. The maximum Gasteiger partial charge on any atom is 0.660 e. The molecule has 72 valence electrons. The Bertz CT molecular complexity index is 292. The van der Waals surface area contributed by atoms with Gasteiger partial charge in [-0.15, -0.1) is 13.2 Å². The lowest BCUT2D eigenvalue weighted by Crippen LogP contribution is -2.48. The van der Waals surface area contributed by atoms with Gasteiger partial charge >= 0.3 is 6.30 Å². The Morgan fingerprint density at radius 1 is 1.38 bits per heavy atom. The maximum atomic E-state index is 12.2. The van der Waals surface area contributed by atoms with Gasteiger partial charge in [0.05, 0.1) is 5.69 Å². The van der Waals surface area contributed by atoms with Gasteiger partial charge in [0, 0.05) is 12.1 Å². The van der Waals surface area contributed by atoms with E-state index in [1.807, 2.05) is 0 Å². The molecule has 6 heteroatoms. The fourth-order valence-electron chi connectivity index (χ4n) is 1.42. The van der Waals surface area contributed by atoms with Gasteiger partial charge in [-0.05, 0) is 17.6 Å². The Morgan fingerprint density at radius 2 is 2.15 bits per heavy atom. The van der Waals surface area contributed by atoms with Crippen LogP contribution in [0.3, 0.4) is 0 Å². The summed E-state index contributed by atoms with van der Waals surface area (Å²) in [5.74, 6) is 0. The van der Waals surface area contributed by atoms with Crippen LogP contribution in [0.1, 0.15) is 11.3 Å². The SMILES string of the molecule is FC(F)(F)[n+]1cc2c([nH]1)CNCC2. The van der Waals surface area contributed by atoms with Crippen molar-refractivity contribution in [2.45, 2.75) is 19.3 Å². The molecule has 0 aliphatic carbocycles. The first kappa shape index (κ1) is 8.55. The second kappa shape index (κ2) is 2.73. The molecule has 3 nitrogen and oxygen atoms in total. The van der Waals surface area contributed by atoms with Crippen LogP contribution in [0.15, 0.2) is 6.20 Å². The Balaban J connectivity index is 2.36. The molecular weight excluding hydrogens is 183 g/mol. The largest absolute Gasteiger partial charge is 0.660 e. The first-order valence-corrected chi connectivity index (χ1v) is 3.98. The highest BCUT2D eigenvalue weighted by molar-refractivity contribution is 5.16. The number of hydrogen-bond acceptors (Lipinski definition) is 1. The summed E-state index contributed by atoms with van der Waals surface area (Å²) in [4.78, 5) is 0. The average Bonchev–Trinajstić information content (AvgIpc) is 2.45. The van der Waals surface area contributed by atoms with E-state index in [1.165, 1.54) is 0 Å². The quantitative estimate of drug-likeness (QED) is 0.574. The first-order chi connectivity index (χ1) is 6.07. The Kier molecular flexibility index (Phi) is 1.80. The van der Waals surface area contributed by atoms with E-state index in [2.05, 4.69) is 10.4 Å². The number of H-pyrrole nitrogens is 1. The molecule has 0 bridgehead atoms. The Labute approximate surface area is 72.5 Å². The molecule has 2 N–H and O–H groups in total. The monoisotopic (exact) mass is 192 g/mol. The molecule has 2 heterocycles. The number of halogens is 3. The lowest BCUT2D eigenvalue weighted by atomic mass is 10.1. The molecule has 1 aliphatic rings. The number of nitrogens with zero attached hydrogens (tertiary/aromatic N) is 1. The van der Waals surface area contributed by atoms with E-state index < -0.39 is 6.30 Å². The molecule has 2 rings (SSSR count). The molecule has 0 aromatic carbocycles. The fourth-order valence-corrected chi connectivity index (χ4v) is 1.42. The summed E-state index contributed by atoms with van der Waals surface area (Å²) in [6, 6.07) is 0. The molecule has 0 fully saturated rings. The Morgan fingerprint density at radius 3 is 2.77 bits per heavy atom. The van der Waals surface area contributed by atoms with Gasteiger partial charge in [0.2, 0.25) is 6.20 Å². The van der Waals surface area contributed by atoms with Crippen LogP contribution >= 0.6 is 0 Å². The summed E-state index contributed by atoms with van der Waals surface area (Å²) in [7, 11) is 0. The van der Waals surface area contributed by atoms with Crippen molar-refractivity contribution >= 4 is 0 Å². The molecule has 0 atom stereocenters. The number of hydrogen-bond donors (Lipinski definition) is 2. The van der Waals surface area contributed by atoms with Crippen molar-refractivity contribution < 1.29 is 17.9 Å². The number of fused-ring (bicyclic) bond motifs is 1. The number of alkyl halides is 3. The van der Waals surface area contributed by atoms with Crippen LogP contribution in [0.5, 0.6) is 0 Å². The fraction of sp³-hybridized carbons (Fsp3) is 0.571. The summed E-state index contributed by atoms with van der Waals surface area (Å²) >= 11 is 0. The van der Waals surface area contributed by atoms with Crippen LogP contribution in [0, 0.1) is 0 Å². The third-order valence-electron chi connectivity index (χ3n) is 2.07. The molecule has 0 spiro atoms. The van der Waals surface area contributed by atoms with Crippen molar-refractivity contribution in [3.63, 3.8) is 0 Å². The number of rotatable bonds is 0. The molecule has 0 saturated heterocycles. The molecule has 0 unspecified atom stereocenters. The van der Waals surface area contributed by atoms with Gasteiger partial charge in [-0.25, -0.2) is 0 Å². The van der Waals surface area contributed by atoms with E-state index >= 15 is 0 Å². The van der Waals surface area contributed by atoms with Gasteiger partial charge < -0.3 is 5.32 Å². The standard InChI is InChI=1S/C7H8F3N3/c8-7(9,10)13-4-5-1-2-11-3-6(5)12-13/h4,11H,1-3H2/p+1. The highest BCUT2D eigenvalue weighted by atomic mass is 19.4. The minimum atomic E-state index is -4.34. The molecular formula is C7H9F3N3+. The van der Waals surface area contributed by atoms with Crippen molar-refractivity contribution in [2.24, 2.45) is 0 Å². The molecule has 13 heavy (non-hydrogen) atoms. The highest BCUT2D eigenvalue weighted by Crippen LogP contribution is 2.16. The first-order valence-electron chi connectivity index (χ1n) is 3.98. The van der Waals surface area contributed by atoms with Crippen molar-refractivity contribution in [3.8, 4) is 0 Å². The zero-order valence-electron chi connectivity index (χ0n) is 6.78. The average molecular weight is 192 g/mol. The van der Waals surface area contributed by atoms with E-state index in [0.29, 0.717) is 18.7 Å². The third-order valence-corrected chi connectivity index (χ3v) is 2.07. The summed E-state index contributed by atoms with van der Waals surface area (Å²) in [6.07, 6.45) is -2.57. The second-order valence-corrected chi connectivity index (χ2v) is 3.01. The van der Waals surface area contributed by atoms with Crippen LogP contribution in [0.2, 0.25) is 0 Å². The van der Waals surface area contributed by atoms with Gasteiger partial charge in [-0.3, -0.25) is 0 Å². The van der Waals surface area contributed by atoms with Crippen LogP contribution in [-0.4, -0.2) is 11.6 Å². The van der Waals surface area contributed by atoms with Gasteiger partial charge in [0.25, 0.3) is 0 Å². The van der Waals surface area contributed by atoms with Crippen molar-refractivity contribution in [1.82, 2.24) is 10.4 Å². The van der Waals surface area contributed by atoms with Crippen molar-refractivity contribution in [1.29, 1.82) is 0 Å². The van der Waals surface area contributed by atoms with Gasteiger partial charge in [-0.1, -0.05) is 0 Å². The number of nitrogens with one attached hydrogen (secondary N) is 2. The predicted octanol–water partition coefficient (Wildman–Crippen LogP) is 0.424. The summed E-state index contributed by atoms with van der Waals surface area (Å²) < 4.78 is 36.8. The van der Waals surface area contributed by atoms with E-state index in [-0.39, 0.29) is 4.68 Å². The third kappa shape index (κ3) is 1.53. The van der Waals surface area contributed by atoms with Crippen molar-refractivity contribution in [2.75, 3.05) is 6.54 Å². The van der Waals surface area contributed by atoms with Crippen LogP contribution < -0.4 is 10.00 Å². The molecule has 1 aliphatic heterocycles. The minimum Gasteiger partial charge on any atom is -0.311 e. The van der Waals surface area contributed by atoms with E-state index in [1.54, 1.807) is 0 Å². The number of aromatic amines is 1. The molecule has 0 saturated carbocycles. The summed E-state index contributed by atoms with van der Waals surface area (Å²) in [5, 5.41) is 5.30. The summed E-state index contributed by atoms with van der Waals surface area (Å²) in [5.41, 5.74) is 1.37. The van der Waals surface area contributed by atoms with Gasteiger partial charge in [0.15, 0.2) is 0 Å². The second-order valence-electron chi connectivity index (χ2n) is 3.01. The Hall–Kier alpha value is -1.04. The minimum absolute atomic E-state index is 0.199. The van der Waals surface area contributed by atoms with E-state index in [9.17, 15) is 13.2 Å². The molecule has 0 amide bonds. The number of aromatic nitrogens is 2. The molecule has 1 aromatic rings. The van der Waals surface area contributed by atoms with E-state index in [4.69, 9.17) is 0 Å². The van der Waals surface area contributed by atoms with Crippen LogP contribution in [0.4, 0.5) is 13.2 Å². The molecule has 0 radical (unpaired) electrons. The predicted molar refractivity (Wildman–Crippen MR) is 37.7 cm³/mol. The maximum absolute atomic E-state index is 12.2. The molecule has 1 aromatic heterocycles. The van der Waals surface area contributed by atoms with Crippen LogP contribution in [-0.2, 0) is 19.3 Å². The zero-order valence-corrected chi connectivity index (χ0v) is 6.78. The lowest BCUT2D eigenvalue weighted by molar-refractivity contribution is -0.893.